The van der Waals surface area contributed by atoms with Crippen LogP contribution in [0.5, 0.6) is 11.5 Å². The summed E-state index contributed by atoms with van der Waals surface area (Å²) in [5, 5.41) is 10.7. The van der Waals surface area contributed by atoms with Crippen molar-refractivity contribution >= 4 is 5.91 Å². The van der Waals surface area contributed by atoms with Gasteiger partial charge in [-0.25, -0.2) is 0 Å². The number of β-amino-alcohol motifs (C(OH)–C–C–N with tert-alkyl or cyclic N) is 1. The Kier molecular flexibility index (Phi) is 4.00. The lowest BCUT2D eigenvalue weighted by Gasteiger charge is -2.26. The zero-order valence-electron chi connectivity index (χ0n) is 13.1. The second kappa shape index (κ2) is 5.80. The molecule has 1 amide bonds. The van der Waals surface area contributed by atoms with Crippen LogP contribution in [0.3, 0.4) is 0 Å². The third kappa shape index (κ3) is 2.77. The van der Waals surface area contributed by atoms with Gasteiger partial charge >= 0.3 is 0 Å². The zero-order chi connectivity index (χ0) is 15.7. The first kappa shape index (κ1) is 15.2. The number of nitrogens with zero attached hydrogens (tertiary/aromatic N) is 1. The number of methoxy groups -OCH3 is 1. The number of benzene rings is 1. The van der Waals surface area contributed by atoms with Crippen LogP contribution in [-0.4, -0.2) is 48.3 Å². The molecule has 0 aromatic heterocycles. The lowest BCUT2D eigenvalue weighted by molar-refractivity contribution is -0.133. The summed E-state index contributed by atoms with van der Waals surface area (Å²) in [6.07, 6.45) is 2.14. The summed E-state index contributed by atoms with van der Waals surface area (Å²) < 4.78 is 10.8. The number of rotatable bonds is 5. The Morgan fingerprint density at radius 2 is 2.05 bits per heavy atom. The van der Waals surface area contributed by atoms with Gasteiger partial charge in [0, 0.05) is 12.5 Å². The molecule has 0 spiro atoms. The highest BCUT2D eigenvalue weighted by atomic mass is 16.5. The molecular weight excluding hydrogens is 282 g/mol. The van der Waals surface area contributed by atoms with Crippen LogP contribution in [-0.2, 0) is 4.79 Å². The fourth-order valence-corrected chi connectivity index (χ4v) is 3.29. The molecule has 3 rings (SSSR count). The highest BCUT2D eigenvalue weighted by Gasteiger charge is 2.53. The maximum Gasteiger partial charge on any atom is 0.260 e. The molecule has 5 nitrogen and oxygen atoms in total. The van der Waals surface area contributed by atoms with Crippen LogP contribution in [0, 0.1) is 11.8 Å². The van der Waals surface area contributed by atoms with E-state index in [9.17, 15) is 9.90 Å². The summed E-state index contributed by atoms with van der Waals surface area (Å²) >= 11 is 0. The molecule has 1 saturated carbocycles. The molecule has 1 heterocycles. The van der Waals surface area contributed by atoms with E-state index in [4.69, 9.17) is 9.47 Å². The Hall–Kier alpha value is -1.75. The molecule has 120 valence electrons. The number of likely N-dealkylation sites (tertiary alicyclic amines) is 1. The molecule has 2 atom stereocenters. The zero-order valence-corrected chi connectivity index (χ0v) is 13.1. The molecule has 1 aliphatic carbocycles. The van der Waals surface area contributed by atoms with Crippen LogP contribution >= 0.6 is 0 Å². The number of ether oxygens (including phenoxy) is 2. The highest BCUT2D eigenvalue weighted by Crippen LogP contribution is 2.47. The van der Waals surface area contributed by atoms with Crippen molar-refractivity contribution in [1.82, 2.24) is 4.90 Å². The van der Waals surface area contributed by atoms with Gasteiger partial charge in [0.2, 0.25) is 0 Å². The van der Waals surface area contributed by atoms with Crippen molar-refractivity contribution in [3.63, 3.8) is 0 Å². The van der Waals surface area contributed by atoms with Crippen molar-refractivity contribution in [3.8, 4) is 11.5 Å². The van der Waals surface area contributed by atoms with Crippen molar-refractivity contribution < 1.29 is 19.4 Å². The molecule has 1 aromatic rings. The van der Waals surface area contributed by atoms with E-state index in [1.807, 2.05) is 19.1 Å². The smallest absolute Gasteiger partial charge is 0.260 e. The molecule has 0 bridgehead atoms. The number of hydrogen-bond donors (Lipinski definition) is 1. The molecule has 1 N–H and O–H groups in total. The van der Waals surface area contributed by atoms with Gasteiger partial charge in [0.15, 0.2) is 18.1 Å². The molecule has 0 radical (unpaired) electrons. The quantitative estimate of drug-likeness (QED) is 0.899. The van der Waals surface area contributed by atoms with Crippen molar-refractivity contribution in [3.05, 3.63) is 24.3 Å². The first-order valence-corrected chi connectivity index (χ1v) is 7.80. The second-order valence-corrected chi connectivity index (χ2v) is 6.38. The maximum atomic E-state index is 12.3. The fraction of sp³-hybridized carbons (Fsp3) is 0.588. The van der Waals surface area contributed by atoms with Gasteiger partial charge in [0.05, 0.1) is 19.3 Å². The predicted octanol–water partition coefficient (Wildman–Crippen LogP) is 1.69. The van der Waals surface area contributed by atoms with E-state index in [0.717, 1.165) is 12.8 Å². The van der Waals surface area contributed by atoms with Gasteiger partial charge in [-0.15, -0.1) is 0 Å². The van der Waals surface area contributed by atoms with E-state index in [1.165, 1.54) is 0 Å². The van der Waals surface area contributed by atoms with E-state index in [0.29, 0.717) is 30.5 Å². The van der Waals surface area contributed by atoms with E-state index in [1.54, 1.807) is 24.1 Å². The second-order valence-electron chi connectivity index (χ2n) is 6.38. The van der Waals surface area contributed by atoms with Crippen LogP contribution in [0.2, 0.25) is 0 Å². The molecule has 2 fully saturated rings. The van der Waals surface area contributed by atoms with E-state index in [-0.39, 0.29) is 18.4 Å². The Bertz CT molecular complexity index is 557. The van der Waals surface area contributed by atoms with E-state index in [2.05, 4.69) is 0 Å². The van der Waals surface area contributed by atoms with Gasteiger partial charge in [0.1, 0.15) is 0 Å². The summed E-state index contributed by atoms with van der Waals surface area (Å²) in [5.41, 5.74) is -0.708. The Labute approximate surface area is 130 Å². The molecule has 0 unspecified atom stereocenters. The lowest BCUT2D eigenvalue weighted by atomic mass is 9.88. The normalized spacial score (nSPS) is 27.8. The van der Waals surface area contributed by atoms with Gasteiger partial charge < -0.3 is 19.5 Å². The molecule has 5 heteroatoms. The minimum atomic E-state index is -0.708. The number of carbonyl (C=O) groups is 1. The monoisotopic (exact) mass is 305 g/mol. The number of aliphatic hydroxyl groups is 1. The summed E-state index contributed by atoms with van der Waals surface area (Å²) in [4.78, 5) is 14.1. The first-order valence-electron chi connectivity index (χ1n) is 7.80. The summed E-state index contributed by atoms with van der Waals surface area (Å²) in [7, 11) is 1.57. The minimum Gasteiger partial charge on any atom is -0.493 e. The molecule has 1 aliphatic heterocycles. The molecule has 2 aliphatic rings. The van der Waals surface area contributed by atoms with Gasteiger partial charge in [-0.2, -0.15) is 0 Å². The van der Waals surface area contributed by atoms with E-state index >= 15 is 0 Å². The molecule has 22 heavy (non-hydrogen) atoms. The van der Waals surface area contributed by atoms with Gasteiger partial charge in [-0.1, -0.05) is 19.1 Å². The number of para-hydroxylation sites is 2. The third-order valence-electron chi connectivity index (χ3n) is 4.85. The third-order valence-corrected chi connectivity index (χ3v) is 4.85. The van der Waals surface area contributed by atoms with Gasteiger partial charge in [-0.05, 0) is 30.9 Å². The predicted molar refractivity (Wildman–Crippen MR) is 81.9 cm³/mol. The highest BCUT2D eigenvalue weighted by molar-refractivity contribution is 5.78. The van der Waals surface area contributed by atoms with Gasteiger partial charge in [-0.3, -0.25) is 4.79 Å². The summed E-state index contributed by atoms with van der Waals surface area (Å²) in [6.45, 7) is 3.01. The Balaban J connectivity index is 1.59. The van der Waals surface area contributed by atoms with Crippen molar-refractivity contribution in [2.45, 2.75) is 25.4 Å². The van der Waals surface area contributed by atoms with Crippen LogP contribution in [0.25, 0.3) is 0 Å². The number of carbonyl (C=O) groups excluding carboxylic acids is 1. The first-order chi connectivity index (χ1) is 10.5. The van der Waals surface area contributed by atoms with Crippen molar-refractivity contribution in [2.24, 2.45) is 11.8 Å². The SMILES string of the molecule is COc1ccccc1OCC(=O)N1C[C@@H](C)[C@](O)(C2CC2)C1. The fourth-order valence-electron chi connectivity index (χ4n) is 3.29. The average molecular weight is 305 g/mol. The largest absolute Gasteiger partial charge is 0.493 e. The van der Waals surface area contributed by atoms with Gasteiger partial charge in [0.25, 0.3) is 5.91 Å². The summed E-state index contributed by atoms with van der Waals surface area (Å²) in [5.74, 6) is 1.56. The topological polar surface area (TPSA) is 59.0 Å². The molecule has 1 saturated heterocycles. The minimum absolute atomic E-state index is 0.0339. The Morgan fingerprint density at radius 1 is 1.36 bits per heavy atom. The Morgan fingerprint density at radius 3 is 2.68 bits per heavy atom. The number of amides is 1. The van der Waals surface area contributed by atoms with Crippen LogP contribution in [0.4, 0.5) is 0 Å². The van der Waals surface area contributed by atoms with Crippen LogP contribution < -0.4 is 9.47 Å². The van der Waals surface area contributed by atoms with E-state index < -0.39 is 5.60 Å². The summed E-state index contributed by atoms with van der Waals surface area (Å²) in [6, 6.07) is 7.26. The van der Waals surface area contributed by atoms with Crippen LogP contribution in [0.15, 0.2) is 24.3 Å². The number of hydrogen-bond acceptors (Lipinski definition) is 4. The molecule has 1 aromatic carbocycles. The molecular formula is C17H23NO4. The van der Waals surface area contributed by atoms with Crippen LogP contribution in [0.1, 0.15) is 19.8 Å². The average Bonchev–Trinajstić information content (AvgIpc) is 3.33. The maximum absolute atomic E-state index is 12.3. The van der Waals surface area contributed by atoms with Crippen molar-refractivity contribution in [1.29, 1.82) is 0 Å². The lowest BCUT2D eigenvalue weighted by Crippen LogP contribution is -2.41. The van der Waals surface area contributed by atoms with Crippen molar-refractivity contribution in [2.75, 3.05) is 26.8 Å². The standard InChI is InChI=1S/C17H23NO4/c1-12-9-18(11-17(12,20)13-7-8-13)16(19)10-22-15-6-4-3-5-14(15)21-2/h3-6,12-13,20H,7-11H2,1-2H3/t12-,17+/m1/s1.